The number of hydrogen-bond donors (Lipinski definition) is 11. The zero-order valence-corrected chi connectivity index (χ0v) is 26.5. The summed E-state index contributed by atoms with van der Waals surface area (Å²) in [7, 11) is 0. The van der Waals surface area contributed by atoms with Gasteiger partial charge in [-0.15, -0.1) is 0 Å². The molecule has 15 atom stereocenters. The second kappa shape index (κ2) is 17.8. The van der Waals surface area contributed by atoms with Gasteiger partial charge in [0.05, 0.1) is 19.8 Å². The molecule has 0 aliphatic carbocycles. The zero-order valence-electron chi connectivity index (χ0n) is 26.5. The molecule has 0 bridgehead atoms. The van der Waals surface area contributed by atoms with Gasteiger partial charge in [0.15, 0.2) is 12.6 Å². The van der Waals surface area contributed by atoms with Crippen LogP contribution in [0.15, 0.2) is 18.2 Å². The second-order valence-electron chi connectivity index (χ2n) is 12.0. The molecule has 49 heavy (non-hydrogen) atoms. The fraction of sp³-hybridized carbons (Fsp3) is 0.767. The number of anilines is 1. The highest BCUT2D eigenvalue weighted by Crippen LogP contribution is 2.34. The Balaban J connectivity index is 1.42. The van der Waals surface area contributed by atoms with Crippen LogP contribution in [-0.4, -0.2) is 169 Å². The number of halogens is 1. The van der Waals surface area contributed by atoms with E-state index in [1.807, 2.05) is 6.92 Å². The van der Waals surface area contributed by atoms with Crippen molar-refractivity contribution in [3.05, 3.63) is 23.8 Å². The number of benzene rings is 1. The molecule has 6 unspecified atom stereocenters. The number of alkyl halides is 1. The van der Waals surface area contributed by atoms with Crippen molar-refractivity contribution in [2.45, 2.75) is 125 Å². The molecule has 0 spiro atoms. The Hall–Kier alpha value is -2.18. The van der Waals surface area contributed by atoms with Gasteiger partial charge in [-0.25, -0.2) is 4.39 Å². The van der Waals surface area contributed by atoms with Crippen LogP contribution in [0.25, 0.3) is 0 Å². The van der Waals surface area contributed by atoms with E-state index in [4.69, 9.17) is 28.4 Å². The molecule has 280 valence electrons. The maximum Gasteiger partial charge on any atom is 0.229 e. The summed E-state index contributed by atoms with van der Waals surface area (Å²) in [5.41, 5.74) is 0.295. The van der Waals surface area contributed by atoms with Gasteiger partial charge in [0.25, 0.3) is 0 Å². The normalized spacial score (nSPS) is 39.8. The Morgan fingerprint density at radius 2 is 1.24 bits per heavy atom. The average Bonchev–Trinajstić information content (AvgIpc) is 3.10. The lowest BCUT2D eigenvalue weighted by Gasteiger charge is -2.48. The first-order valence-corrected chi connectivity index (χ1v) is 15.9. The predicted molar refractivity (Wildman–Crippen MR) is 159 cm³/mol. The molecule has 1 aromatic carbocycles. The molecule has 3 fully saturated rings. The van der Waals surface area contributed by atoms with Gasteiger partial charge >= 0.3 is 0 Å². The van der Waals surface area contributed by atoms with Gasteiger partial charge in [0.1, 0.15) is 85.7 Å². The summed E-state index contributed by atoms with van der Waals surface area (Å²) in [6.07, 6.45) is -24.1. The van der Waals surface area contributed by atoms with Crippen LogP contribution in [0.2, 0.25) is 0 Å². The molecule has 3 aliphatic rings. The van der Waals surface area contributed by atoms with Crippen LogP contribution < -0.4 is 10.1 Å². The van der Waals surface area contributed by atoms with Gasteiger partial charge < -0.3 is 84.8 Å². The molecule has 0 aromatic heterocycles. The third-order valence-electron chi connectivity index (χ3n) is 8.56. The monoisotopic (exact) mass is 711 g/mol. The van der Waals surface area contributed by atoms with Crippen LogP contribution in [0.3, 0.4) is 0 Å². The van der Waals surface area contributed by atoms with Gasteiger partial charge in [0.2, 0.25) is 12.2 Å². The van der Waals surface area contributed by atoms with Crippen molar-refractivity contribution in [1.29, 1.82) is 0 Å². The molecular weight excluding hydrogens is 665 g/mol. The van der Waals surface area contributed by atoms with Crippen molar-refractivity contribution < 1.29 is 88.7 Å². The first kappa shape index (κ1) is 39.6. The van der Waals surface area contributed by atoms with Crippen LogP contribution >= 0.6 is 0 Å². The fourth-order valence-electron chi connectivity index (χ4n) is 5.70. The minimum Gasteiger partial charge on any atom is -0.462 e. The van der Waals surface area contributed by atoms with Crippen LogP contribution in [0.5, 0.6) is 5.75 Å². The number of rotatable bonds is 14. The number of carbonyl (C=O) groups excluding carboxylic acids is 1. The molecule has 11 N–H and O–H groups in total. The second-order valence-corrected chi connectivity index (χ2v) is 12.0. The minimum atomic E-state index is -1.98. The Bertz CT molecular complexity index is 1200. The molecule has 4 rings (SSSR count). The maximum absolute atomic E-state index is 13.9. The molecule has 1 amide bonds. The van der Waals surface area contributed by atoms with Gasteiger partial charge in [-0.05, 0) is 24.6 Å². The van der Waals surface area contributed by atoms with Crippen molar-refractivity contribution in [1.82, 2.24) is 0 Å². The van der Waals surface area contributed by atoms with Crippen LogP contribution in [0.4, 0.5) is 10.1 Å². The summed E-state index contributed by atoms with van der Waals surface area (Å²) in [5, 5.41) is 106. The highest BCUT2D eigenvalue weighted by molar-refractivity contribution is 5.90. The largest absolute Gasteiger partial charge is 0.462 e. The van der Waals surface area contributed by atoms with Crippen LogP contribution in [0.1, 0.15) is 31.7 Å². The smallest absolute Gasteiger partial charge is 0.229 e. The van der Waals surface area contributed by atoms with Crippen LogP contribution in [-0.2, 0) is 35.2 Å². The van der Waals surface area contributed by atoms with Crippen molar-refractivity contribution in [3.63, 3.8) is 0 Å². The van der Waals surface area contributed by atoms with Crippen molar-refractivity contribution >= 4 is 11.6 Å². The average molecular weight is 712 g/mol. The number of hydrogen-bond acceptors (Lipinski definition) is 17. The number of unbranched alkanes of at least 4 members (excludes halogenated alkanes) is 1. The molecule has 3 heterocycles. The standard InChI is InChI=1S/C30H46FNO17/c1-2-3-4-18(36)32-13-5-6-14(12(7-13)8-31)44-28-24(42)21(39)26(16(10-34)46-28)49-30-25(43)22(40)27(17(11-35)47-30)48-29-23(41)20(38)19(37)15(9-33)45-29/h5-7,15-17,19-30,33-35,37-43H,2-4,8-11H2,1H3,(H,32,36)/t15?,16?,17?,19-,20+,21-,22-,23?,24?,25?,26-,27-,28-,29-,30-/m1/s1. The number of amides is 1. The lowest BCUT2D eigenvalue weighted by Crippen LogP contribution is -2.66. The molecule has 1 aromatic rings. The molecule has 0 saturated carbocycles. The zero-order chi connectivity index (χ0) is 36.0. The Kier molecular flexibility index (Phi) is 14.4. The lowest BCUT2D eigenvalue weighted by atomic mass is 9.96. The van der Waals surface area contributed by atoms with E-state index in [-0.39, 0.29) is 23.6 Å². The first-order chi connectivity index (χ1) is 23.4. The molecular formula is C30H46FNO17. The fourth-order valence-corrected chi connectivity index (χ4v) is 5.70. The summed E-state index contributed by atoms with van der Waals surface area (Å²) >= 11 is 0. The quantitative estimate of drug-likeness (QED) is 0.0880. The van der Waals surface area contributed by atoms with Crippen molar-refractivity contribution in [2.75, 3.05) is 25.1 Å². The van der Waals surface area contributed by atoms with Gasteiger partial charge in [-0.2, -0.15) is 0 Å². The van der Waals surface area contributed by atoms with E-state index in [0.717, 1.165) is 6.42 Å². The van der Waals surface area contributed by atoms with E-state index in [0.29, 0.717) is 12.1 Å². The van der Waals surface area contributed by atoms with E-state index in [9.17, 15) is 60.3 Å². The van der Waals surface area contributed by atoms with Crippen molar-refractivity contribution in [3.8, 4) is 5.75 Å². The summed E-state index contributed by atoms with van der Waals surface area (Å²) in [6.45, 7) is -1.56. The summed E-state index contributed by atoms with van der Waals surface area (Å²) in [4.78, 5) is 12.1. The molecule has 0 radical (unpaired) electrons. The van der Waals surface area contributed by atoms with E-state index < -0.39 is 119 Å². The third kappa shape index (κ3) is 9.01. The molecule has 3 aliphatic heterocycles. The Morgan fingerprint density at radius 1 is 0.735 bits per heavy atom. The van der Waals surface area contributed by atoms with E-state index in [1.54, 1.807) is 0 Å². The number of aliphatic hydroxyl groups is 10. The highest BCUT2D eigenvalue weighted by atomic mass is 19.1. The Morgan fingerprint density at radius 3 is 1.78 bits per heavy atom. The SMILES string of the molecule is CCCCC(=O)Nc1ccc(O[C@@H]2OC(CO)[C@@H](O[C@H]3OC(CO)[C@@H](O[C@H]4OC(CO)[C@@H](O)[C@H](O)C4O)[C@H](O)C3O)[C@H](O)C2O)c(CF)c1. The topological polar surface area (TPSA) is 287 Å². The summed E-state index contributed by atoms with van der Waals surface area (Å²) < 4.78 is 47.2. The highest BCUT2D eigenvalue weighted by Gasteiger charge is 2.53. The summed E-state index contributed by atoms with van der Waals surface area (Å²) in [5.74, 6) is -0.347. The number of aliphatic hydroxyl groups excluding tert-OH is 10. The van der Waals surface area contributed by atoms with Crippen molar-refractivity contribution in [2.24, 2.45) is 0 Å². The van der Waals surface area contributed by atoms with Crippen LogP contribution in [0, 0.1) is 0 Å². The lowest BCUT2D eigenvalue weighted by molar-refractivity contribution is -0.376. The molecule has 19 heteroatoms. The predicted octanol–water partition coefficient (Wildman–Crippen LogP) is -3.89. The van der Waals surface area contributed by atoms with E-state index in [1.165, 1.54) is 18.2 Å². The summed E-state index contributed by atoms with van der Waals surface area (Å²) in [6, 6.07) is 4.10. The molecule has 3 saturated heterocycles. The number of nitrogens with one attached hydrogen (secondary N) is 1. The van der Waals surface area contributed by atoms with E-state index >= 15 is 0 Å². The van der Waals surface area contributed by atoms with Gasteiger partial charge in [0, 0.05) is 17.7 Å². The minimum absolute atomic E-state index is 0.0132. The number of ether oxygens (including phenoxy) is 6. The van der Waals surface area contributed by atoms with Gasteiger partial charge in [-0.3, -0.25) is 4.79 Å². The van der Waals surface area contributed by atoms with E-state index in [2.05, 4.69) is 5.32 Å². The third-order valence-corrected chi connectivity index (χ3v) is 8.56. The molecule has 18 nitrogen and oxygen atoms in total. The first-order valence-electron chi connectivity index (χ1n) is 15.9. The Labute approximate surface area is 280 Å². The number of carbonyl (C=O) groups is 1. The maximum atomic E-state index is 13.9. The van der Waals surface area contributed by atoms with Gasteiger partial charge in [-0.1, -0.05) is 13.3 Å².